The minimum Gasteiger partial charge on any atom is -0.395 e. The number of benzene rings is 1. The van der Waals surface area contributed by atoms with Gasteiger partial charge in [0, 0.05) is 24.8 Å². The van der Waals surface area contributed by atoms with Crippen molar-refractivity contribution >= 4 is 17.5 Å². The van der Waals surface area contributed by atoms with E-state index in [2.05, 4.69) is 14.8 Å². The second kappa shape index (κ2) is 7.64. The number of alkyl halides is 2. The van der Waals surface area contributed by atoms with E-state index in [9.17, 15) is 18.4 Å². The number of rotatable bonds is 7. The van der Waals surface area contributed by atoms with Gasteiger partial charge in [-0.05, 0) is 33.0 Å². The van der Waals surface area contributed by atoms with Crippen molar-refractivity contribution in [2.75, 3.05) is 38.5 Å². The van der Waals surface area contributed by atoms with Crippen LogP contribution in [0.15, 0.2) is 18.2 Å². The normalized spacial score (nSPS) is 14.5. The summed E-state index contributed by atoms with van der Waals surface area (Å²) in [6.07, 6.45) is -3.70. The number of hydrogen-bond acceptors (Lipinski definition) is 5. The fourth-order valence-electron chi connectivity index (χ4n) is 2.44. The summed E-state index contributed by atoms with van der Waals surface area (Å²) >= 11 is 0. The third kappa shape index (κ3) is 5.02. The monoisotopic (exact) mass is 357 g/mol. The molecule has 1 N–H and O–H groups in total. The van der Waals surface area contributed by atoms with Crippen molar-refractivity contribution in [3.05, 3.63) is 18.2 Å². The Labute approximate surface area is 144 Å². The van der Waals surface area contributed by atoms with E-state index in [0.717, 1.165) is 0 Å². The van der Waals surface area contributed by atoms with Gasteiger partial charge >= 0.3 is 6.29 Å². The van der Waals surface area contributed by atoms with Crippen LogP contribution in [0.25, 0.3) is 0 Å². The molecule has 0 spiro atoms. The lowest BCUT2D eigenvalue weighted by Gasteiger charge is -2.22. The predicted octanol–water partition coefficient (Wildman–Crippen LogP) is 1.75. The number of hydrogen-bond donors (Lipinski definition) is 1. The number of anilines is 1. The Morgan fingerprint density at radius 1 is 1.12 bits per heavy atom. The summed E-state index contributed by atoms with van der Waals surface area (Å²) in [7, 11) is 1.65. The molecule has 0 saturated carbocycles. The van der Waals surface area contributed by atoms with Crippen LogP contribution >= 0.6 is 0 Å². The zero-order chi connectivity index (χ0) is 18.6. The van der Waals surface area contributed by atoms with Crippen LogP contribution in [0.3, 0.4) is 0 Å². The summed E-state index contributed by atoms with van der Waals surface area (Å²) in [5.74, 6) is -0.677. The van der Waals surface area contributed by atoms with Gasteiger partial charge in [0.25, 0.3) is 0 Å². The van der Waals surface area contributed by atoms with E-state index in [1.54, 1.807) is 16.8 Å². The molecule has 0 atom stereocenters. The highest BCUT2D eigenvalue weighted by atomic mass is 19.3. The molecule has 0 radical (unpaired) electrons. The summed E-state index contributed by atoms with van der Waals surface area (Å²) in [6, 6.07) is 3.98. The molecule has 2 rings (SSSR count). The fourth-order valence-corrected chi connectivity index (χ4v) is 2.44. The van der Waals surface area contributed by atoms with Crippen molar-refractivity contribution in [1.82, 2.24) is 9.80 Å². The highest BCUT2D eigenvalue weighted by molar-refractivity contribution is 5.93. The molecule has 1 aromatic carbocycles. The Bertz CT molecular complexity index is 650. The first-order valence-electron chi connectivity index (χ1n) is 7.90. The molecule has 7 nitrogen and oxygen atoms in total. The van der Waals surface area contributed by atoms with Gasteiger partial charge in [0.2, 0.25) is 11.8 Å². The fraction of sp³-hybridized carbons (Fsp3) is 0.500. The molecule has 0 aliphatic carbocycles. The smallest absolute Gasteiger partial charge is 0.395 e. The first kappa shape index (κ1) is 18.9. The van der Waals surface area contributed by atoms with Crippen molar-refractivity contribution in [2.24, 2.45) is 0 Å². The van der Waals surface area contributed by atoms with Gasteiger partial charge in [0.05, 0.1) is 13.1 Å². The third-order valence-corrected chi connectivity index (χ3v) is 3.62. The molecule has 25 heavy (non-hydrogen) atoms. The second-order valence-electron chi connectivity index (χ2n) is 5.62. The molecular weight excluding hydrogens is 336 g/mol. The minimum atomic E-state index is -3.70. The maximum Gasteiger partial charge on any atom is 0.586 e. The van der Waals surface area contributed by atoms with E-state index in [0.29, 0.717) is 18.8 Å². The molecule has 1 aliphatic rings. The van der Waals surface area contributed by atoms with E-state index in [4.69, 9.17) is 0 Å². The maximum absolute atomic E-state index is 13.0. The van der Waals surface area contributed by atoms with Crippen LogP contribution in [0.4, 0.5) is 14.5 Å². The van der Waals surface area contributed by atoms with Crippen LogP contribution in [0.5, 0.6) is 11.5 Å². The molecule has 9 heteroatoms. The molecule has 0 aromatic heterocycles. The molecule has 138 valence electrons. The quantitative estimate of drug-likeness (QED) is 0.805. The first-order chi connectivity index (χ1) is 11.7. The summed E-state index contributed by atoms with van der Waals surface area (Å²) in [4.78, 5) is 27.3. The molecule has 1 aliphatic heterocycles. The van der Waals surface area contributed by atoms with Crippen LogP contribution in [-0.4, -0.2) is 61.1 Å². The lowest BCUT2D eigenvalue weighted by atomic mass is 10.2. The maximum atomic E-state index is 13.0. The summed E-state index contributed by atoms with van der Waals surface area (Å²) in [5.41, 5.74) is 0.300. The van der Waals surface area contributed by atoms with Gasteiger partial charge in [-0.25, -0.2) is 0 Å². The number of carbonyl (C=O) groups is 2. The second-order valence-corrected chi connectivity index (χ2v) is 5.62. The number of halogens is 2. The average molecular weight is 357 g/mol. The number of ether oxygens (including phenoxy) is 2. The number of carbonyl (C=O) groups excluding carboxylic acids is 2. The number of nitrogens with zero attached hydrogens (tertiary/aromatic N) is 2. The molecule has 1 heterocycles. The van der Waals surface area contributed by atoms with Crippen molar-refractivity contribution in [1.29, 1.82) is 0 Å². The van der Waals surface area contributed by atoms with Gasteiger partial charge in [-0.15, -0.1) is 8.78 Å². The van der Waals surface area contributed by atoms with Gasteiger partial charge in [-0.2, -0.15) is 0 Å². The molecule has 0 unspecified atom stereocenters. The van der Waals surface area contributed by atoms with E-state index >= 15 is 0 Å². The Balaban J connectivity index is 1.88. The van der Waals surface area contributed by atoms with Gasteiger partial charge < -0.3 is 19.7 Å². The number of amides is 2. The standard InChI is InChI=1S/C16H21F2N3O4/c1-4-21(5-2)15(23)10-20(3)9-14(22)19-11-6-7-12-13(8-11)25-16(17,18)24-12/h6-8H,4-5,9-10H2,1-3H3,(H,19,22). The summed E-state index contributed by atoms with van der Waals surface area (Å²) in [6.45, 7) is 5.09. The summed E-state index contributed by atoms with van der Waals surface area (Å²) in [5, 5.41) is 2.57. The van der Waals surface area contributed by atoms with Crippen LogP contribution in [0, 0.1) is 0 Å². The van der Waals surface area contributed by atoms with Crippen molar-refractivity contribution < 1.29 is 27.8 Å². The molecule has 2 amide bonds. The lowest BCUT2D eigenvalue weighted by molar-refractivity contribution is -0.286. The number of nitrogens with one attached hydrogen (secondary N) is 1. The molecule has 0 saturated heterocycles. The van der Waals surface area contributed by atoms with Gasteiger partial charge in [-0.1, -0.05) is 0 Å². The SMILES string of the molecule is CCN(CC)C(=O)CN(C)CC(=O)Nc1ccc2c(c1)OC(F)(F)O2. The minimum absolute atomic E-state index is 0.0163. The van der Waals surface area contributed by atoms with Crippen LogP contribution < -0.4 is 14.8 Å². The lowest BCUT2D eigenvalue weighted by Crippen LogP contribution is -2.41. The largest absolute Gasteiger partial charge is 0.586 e. The van der Waals surface area contributed by atoms with Crippen LogP contribution in [0.1, 0.15) is 13.8 Å². The average Bonchev–Trinajstić information content (AvgIpc) is 2.81. The van der Waals surface area contributed by atoms with Gasteiger partial charge in [-0.3, -0.25) is 14.5 Å². The highest BCUT2D eigenvalue weighted by Crippen LogP contribution is 2.42. The number of fused-ring (bicyclic) bond motifs is 1. The first-order valence-corrected chi connectivity index (χ1v) is 7.90. The number of likely N-dealkylation sites (N-methyl/N-ethyl adjacent to an activating group) is 2. The molecular formula is C16H21F2N3O4. The van der Waals surface area contributed by atoms with Crippen LogP contribution in [0.2, 0.25) is 0 Å². The zero-order valence-corrected chi connectivity index (χ0v) is 14.3. The molecule has 1 aromatic rings. The Kier molecular flexibility index (Phi) is 5.78. The summed E-state index contributed by atoms with van der Waals surface area (Å²) < 4.78 is 34.6. The van der Waals surface area contributed by atoms with E-state index in [-0.39, 0.29) is 36.4 Å². The van der Waals surface area contributed by atoms with Crippen LogP contribution in [-0.2, 0) is 9.59 Å². The van der Waals surface area contributed by atoms with Crippen molar-refractivity contribution in [3.63, 3.8) is 0 Å². The van der Waals surface area contributed by atoms with Crippen molar-refractivity contribution in [3.8, 4) is 11.5 Å². The van der Waals surface area contributed by atoms with E-state index < -0.39 is 6.29 Å². The zero-order valence-electron chi connectivity index (χ0n) is 14.3. The highest BCUT2D eigenvalue weighted by Gasteiger charge is 2.43. The van der Waals surface area contributed by atoms with Gasteiger partial charge in [0.1, 0.15) is 0 Å². The topological polar surface area (TPSA) is 71.1 Å². The third-order valence-electron chi connectivity index (χ3n) is 3.62. The Hall–Kier alpha value is -2.42. The Morgan fingerprint density at radius 2 is 1.76 bits per heavy atom. The Morgan fingerprint density at radius 3 is 2.40 bits per heavy atom. The van der Waals surface area contributed by atoms with E-state index in [1.807, 2.05) is 13.8 Å². The molecule has 0 bridgehead atoms. The molecule has 0 fully saturated rings. The van der Waals surface area contributed by atoms with Crippen molar-refractivity contribution in [2.45, 2.75) is 20.1 Å². The van der Waals surface area contributed by atoms with Gasteiger partial charge in [0.15, 0.2) is 11.5 Å². The van der Waals surface area contributed by atoms with E-state index in [1.165, 1.54) is 18.2 Å². The predicted molar refractivity (Wildman–Crippen MR) is 86.7 cm³/mol.